The molecule has 0 amide bonds. The van der Waals surface area contributed by atoms with E-state index >= 15 is 0 Å². The normalized spacial score (nSPS) is 10.1. The number of carboxylic acids is 1. The summed E-state index contributed by atoms with van der Waals surface area (Å²) in [5.74, 6) is -0.651. The summed E-state index contributed by atoms with van der Waals surface area (Å²) >= 11 is 5.86. The van der Waals surface area contributed by atoms with E-state index in [1.165, 1.54) is 6.07 Å². The number of hydrogen-bond acceptors (Lipinski definition) is 2. The quantitative estimate of drug-likeness (QED) is 0.915. The minimum Gasteiger partial charge on any atom is -0.488 e. The van der Waals surface area contributed by atoms with Crippen LogP contribution < -0.4 is 4.74 Å². The summed E-state index contributed by atoms with van der Waals surface area (Å²) in [6, 6.07) is 13.8. The van der Waals surface area contributed by atoms with E-state index in [0.29, 0.717) is 10.8 Å². The van der Waals surface area contributed by atoms with Crippen molar-refractivity contribution in [3.05, 3.63) is 64.7 Å². The van der Waals surface area contributed by atoms with Gasteiger partial charge in [0.05, 0.1) is 0 Å². The van der Waals surface area contributed by atoms with E-state index in [1.54, 1.807) is 30.3 Å². The maximum Gasteiger partial charge on any atom is 0.339 e. The summed E-state index contributed by atoms with van der Waals surface area (Å²) < 4.78 is 5.50. The first-order chi connectivity index (χ1) is 8.66. The molecule has 3 nitrogen and oxygen atoms in total. The molecule has 0 heterocycles. The number of para-hydroxylation sites is 1. The van der Waals surface area contributed by atoms with Crippen molar-refractivity contribution in [1.82, 2.24) is 0 Å². The minimum absolute atomic E-state index is 0.152. The fourth-order valence-electron chi connectivity index (χ4n) is 1.56. The maximum atomic E-state index is 11.0. The number of ether oxygens (including phenoxy) is 1. The van der Waals surface area contributed by atoms with Gasteiger partial charge < -0.3 is 9.84 Å². The highest BCUT2D eigenvalue weighted by atomic mass is 35.5. The molecule has 4 heteroatoms. The molecular weight excluding hydrogens is 252 g/mol. The van der Waals surface area contributed by atoms with Gasteiger partial charge in [-0.25, -0.2) is 4.79 Å². The lowest BCUT2D eigenvalue weighted by Crippen LogP contribution is -2.03. The Morgan fingerprint density at radius 1 is 1.17 bits per heavy atom. The topological polar surface area (TPSA) is 46.5 Å². The van der Waals surface area contributed by atoms with Crippen molar-refractivity contribution in [3.63, 3.8) is 0 Å². The van der Waals surface area contributed by atoms with Crippen LogP contribution in [0.4, 0.5) is 0 Å². The van der Waals surface area contributed by atoms with Crippen molar-refractivity contribution in [1.29, 1.82) is 0 Å². The van der Waals surface area contributed by atoms with Crippen molar-refractivity contribution in [2.24, 2.45) is 0 Å². The van der Waals surface area contributed by atoms with Crippen LogP contribution in [-0.4, -0.2) is 11.1 Å². The molecule has 0 unspecified atom stereocenters. The molecule has 0 aliphatic carbocycles. The third-order valence-electron chi connectivity index (χ3n) is 2.40. The fourth-order valence-corrected chi connectivity index (χ4v) is 1.77. The Morgan fingerprint density at radius 3 is 2.67 bits per heavy atom. The second-order valence-electron chi connectivity index (χ2n) is 3.72. The van der Waals surface area contributed by atoms with E-state index < -0.39 is 5.97 Å². The van der Waals surface area contributed by atoms with Crippen LogP contribution in [0, 0.1) is 0 Å². The molecular formula is C14H11ClO3. The smallest absolute Gasteiger partial charge is 0.339 e. The van der Waals surface area contributed by atoms with Crippen LogP contribution in [0.5, 0.6) is 5.75 Å². The molecule has 0 fully saturated rings. The lowest BCUT2D eigenvalue weighted by molar-refractivity contribution is 0.0692. The van der Waals surface area contributed by atoms with Crippen molar-refractivity contribution in [3.8, 4) is 5.75 Å². The Balaban J connectivity index is 2.13. The third kappa shape index (κ3) is 3.02. The monoisotopic (exact) mass is 262 g/mol. The molecule has 0 aliphatic heterocycles. The van der Waals surface area contributed by atoms with Crippen molar-refractivity contribution in [2.45, 2.75) is 6.61 Å². The Bertz CT molecular complexity index is 566. The van der Waals surface area contributed by atoms with Gasteiger partial charge in [0.1, 0.15) is 17.9 Å². The van der Waals surface area contributed by atoms with Gasteiger partial charge in [-0.05, 0) is 29.8 Å². The van der Waals surface area contributed by atoms with Crippen LogP contribution in [-0.2, 0) is 6.61 Å². The SMILES string of the molecule is O=C(O)c1ccccc1OCc1cccc(Cl)c1. The molecule has 18 heavy (non-hydrogen) atoms. The summed E-state index contributed by atoms with van der Waals surface area (Å²) in [5, 5.41) is 9.63. The molecule has 2 rings (SSSR count). The number of aromatic carboxylic acids is 1. The molecule has 0 bridgehead atoms. The first kappa shape index (κ1) is 12.5. The van der Waals surface area contributed by atoms with E-state index in [1.807, 2.05) is 12.1 Å². The molecule has 0 saturated heterocycles. The van der Waals surface area contributed by atoms with Gasteiger partial charge in [0.25, 0.3) is 0 Å². The fraction of sp³-hybridized carbons (Fsp3) is 0.0714. The zero-order valence-electron chi connectivity index (χ0n) is 9.47. The molecule has 2 aromatic carbocycles. The zero-order chi connectivity index (χ0) is 13.0. The average Bonchev–Trinajstić information content (AvgIpc) is 2.37. The van der Waals surface area contributed by atoms with Gasteiger partial charge in [-0.3, -0.25) is 0 Å². The average molecular weight is 263 g/mol. The molecule has 0 radical (unpaired) electrons. The first-order valence-corrected chi connectivity index (χ1v) is 5.74. The highest BCUT2D eigenvalue weighted by Gasteiger charge is 2.09. The van der Waals surface area contributed by atoms with Crippen molar-refractivity contribution in [2.75, 3.05) is 0 Å². The van der Waals surface area contributed by atoms with Gasteiger partial charge >= 0.3 is 5.97 Å². The Hall–Kier alpha value is -2.00. The predicted octanol–water partition coefficient (Wildman–Crippen LogP) is 3.62. The number of carbonyl (C=O) groups is 1. The summed E-state index contributed by atoms with van der Waals surface area (Å²) in [5.41, 5.74) is 1.04. The van der Waals surface area contributed by atoms with Gasteiger partial charge in [0, 0.05) is 5.02 Å². The highest BCUT2D eigenvalue weighted by molar-refractivity contribution is 6.30. The Labute approximate surface area is 110 Å². The second kappa shape index (κ2) is 5.56. The highest BCUT2D eigenvalue weighted by Crippen LogP contribution is 2.20. The van der Waals surface area contributed by atoms with E-state index in [-0.39, 0.29) is 12.2 Å². The third-order valence-corrected chi connectivity index (χ3v) is 2.64. The zero-order valence-corrected chi connectivity index (χ0v) is 10.2. The van der Waals surface area contributed by atoms with Crippen LogP contribution in [0.2, 0.25) is 5.02 Å². The van der Waals surface area contributed by atoms with Crippen LogP contribution in [0.1, 0.15) is 15.9 Å². The van der Waals surface area contributed by atoms with Crippen molar-refractivity contribution >= 4 is 17.6 Å². The number of hydrogen-bond donors (Lipinski definition) is 1. The molecule has 0 saturated carbocycles. The maximum absolute atomic E-state index is 11.0. The summed E-state index contributed by atoms with van der Waals surface area (Å²) in [6.07, 6.45) is 0. The molecule has 0 atom stereocenters. The molecule has 1 N–H and O–H groups in total. The Kier molecular flexibility index (Phi) is 3.85. The molecule has 2 aromatic rings. The summed E-state index contributed by atoms with van der Waals surface area (Å²) in [6.45, 7) is 0.283. The first-order valence-electron chi connectivity index (χ1n) is 5.36. The standard InChI is InChI=1S/C14H11ClO3/c15-11-5-3-4-10(8-11)9-18-13-7-2-1-6-12(13)14(16)17/h1-8H,9H2,(H,16,17). The lowest BCUT2D eigenvalue weighted by Gasteiger charge is -2.09. The van der Waals surface area contributed by atoms with Gasteiger partial charge in [0.15, 0.2) is 0 Å². The lowest BCUT2D eigenvalue weighted by atomic mass is 10.2. The molecule has 0 spiro atoms. The number of carboxylic acid groups (broad SMARTS) is 1. The van der Waals surface area contributed by atoms with E-state index in [2.05, 4.69) is 0 Å². The van der Waals surface area contributed by atoms with Crippen molar-refractivity contribution < 1.29 is 14.6 Å². The van der Waals surface area contributed by atoms with Gasteiger partial charge in [0.2, 0.25) is 0 Å². The van der Waals surface area contributed by atoms with Crippen LogP contribution in [0.25, 0.3) is 0 Å². The van der Waals surface area contributed by atoms with E-state index in [4.69, 9.17) is 21.4 Å². The summed E-state index contributed by atoms with van der Waals surface area (Å²) in [7, 11) is 0. The van der Waals surface area contributed by atoms with Crippen LogP contribution in [0.3, 0.4) is 0 Å². The van der Waals surface area contributed by atoms with E-state index in [9.17, 15) is 4.79 Å². The van der Waals surface area contributed by atoms with Gasteiger partial charge in [-0.1, -0.05) is 35.9 Å². The van der Waals surface area contributed by atoms with Gasteiger partial charge in [-0.15, -0.1) is 0 Å². The largest absolute Gasteiger partial charge is 0.488 e. The van der Waals surface area contributed by atoms with Crippen LogP contribution >= 0.6 is 11.6 Å². The molecule has 92 valence electrons. The summed E-state index contributed by atoms with van der Waals surface area (Å²) in [4.78, 5) is 11.0. The number of halogens is 1. The van der Waals surface area contributed by atoms with Crippen LogP contribution in [0.15, 0.2) is 48.5 Å². The molecule has 0 aromatic heterocycles. The molecule has 0 aliphatic rings. The minimum atomic E-state index is -1.00. The second-order valence-corrected chi connectivity index (χ2v) is 4.16. The van der Waals surface area contributed by atoms with E-state index in [0.717, 1.165) is 5.56 Å². The number of rotatable bonds is 4. The predicted molar refractivity (Wildman–Crippen MR) is 69.2 cm³/mol. The van der Waals surface area contributed by atoms with Gasteiger partial charge in [-0.2, -0.15) is 0 Å². The number of benzene rings is 2. The Morgan fingerprint density at radius 2 is 1.94 bits per heavy atom.